The number of aryl methyl sites for hydroxylation is 1. The van der Waals surface area contributed by atoms with Gasteiger partial charge in [-0.15, -0.1) is 0 Å². The zero-order valence-electron chi connectivity index (χ0n) is 18.0. The molecule has 1 N–H and O–H groups in total. The van der Waals surface area contributed by atoms with Crippen LogP contribution in [-0.2, 0) is 14.8 Å². The summed E-state index contributed by atoms with van der Waals surface area (Å²) < 4.78 is 27.9. The number of carbonyl (C=O) groups excluding carboxylic acids is 1. The second kappa shape index (κ2) is 9.94. The first-order valence-corrected chi connectivity index (χ1v) is 12.2. The number of nitrogens with zero attached hydrogens (tertiary/aromatic N) is 1. The number of rotatable bonds is 7. The minimum atomic E-state index is -4.09. The first-order valence-electron chi connectivity index (χ1n) is 10.0. The van der Waals surface area contributed by atoms with Gasteiger partial charge >= 0.3 is 0 Å². The van der Waals surface area contributed by atoms with Crippen LogP contribution in [0.3, 0.4) is 0 Å². The van der Waals surface area contributed by atoms with E-state index in [1.807, 2.05) is 39.0 Å². The molecule has 0 bridgehead atoms. The number of anilines is 2. The highest BCUT2D eigenvalue weighted by molar-refractivity contribution is 7.92. The Balaban J connectivity index is 2.03. The van der Waals surface area contributed by atoms with Gasteiger partial charge in [-0.3, -0.25) is 9.10 Å². The van der Waals surface area contributed by atoms with Crippen LogP contribution < -0.4 is 9.62 Å². The second-order valence-corrected chi connectivity index (χ2v) is 10.3. The van der Waals surface area contributed by atoms with Gasteiger partial charge in [-0.1, -0.05) is 79.5 Å². The lowest BCUT2D eigenvalue weighted by molar-refractivity contribution is -0.114. The predicted octanol–water partition coefficient (Wildman–Crippen LogP) is 6.26. The molecule has 0 aliphatic heterocycles. The molecule has 0 unspecified atom stereocenters. The van der Waals surface area contributed by atoms with Crippen molar-refractivity contribution in [2.24, 2.45) is 0 Å². The van der Waals surface area contributed by atoms with Gasteiger partial charge in [0, 0.05) is 5.69 Å². The average Bonchev–Trinajstić information content (AvgIpc) is 2.76. The number of hydrogen-bond acceptors (Lipinski definition) is 3. The van der Waals surface area contributed by atoms with Crippen molar-refractivity contribution in [3.63, 3.8) is 0 Å². The molecule has 0 spiro atoms. The molecule has 0 saturated carbocycles. The first-order chi connectivity index (χ1) is 15.1. The molecule has 3 aromatic carbocycles. The third-order valence-electron chi connectivity index (χ3n) is 5.01. The Hall–Kier alpha value is -2.54. The molecule has 8 heteroatoms. The van der Waals surface area contributed by atoms with E-state index < -0.39 is 22.5 Å². The van der Waals surface area contributed by atoms with Gasteiger partial charge in [0.2, 0.25) is 5.91 Å². The van der Waals surface area contributed by atoms with E-state index in [2.05, 4.69) is 5.32 Å². The smallest absolute Gasteiger partial charge is 0.264 e. The third-order valence-corrected chi connectivity index (χ3v) is 7.59. The number of para-hydroxylation sites is 1. The van der Waals surface area contributed by atoms with Crippen LogP contribution in [0.15, 0.2) is 71.6 Å². The summed E-state index contributed by atoms with van der Waals surface area (Å²) >= 11 is 12.5. The van der Waals surface area contributed by atoms with Crippen molar-refractivity contribution in [3.8, 4) is 0 Å². The zero-order valence-corrected chi connectivity index (χ0v) is 20.3. The molecule has 0 heterocycles. The van der Waals surface area contributed by atoms with Gasteiger partial charge in [-0.25, -0.2) is 8.42 Å². The molecular formula is C24H24Cl2N2O3S. The summed E-state index contributed by atoms with van der Waals surface area (Å²) in [4.78, 5) is 13.1. The Morgan fingerprint density at radius 3 is 2.28 bits per heavy atom. The van der Waals surface area contributed by atoms with Crippen LogP contribution in [0.1, 0.15) is 30.9 Å². The summed E-state index contributed by atoms with van der Waals surface area (Å²) in [7, 11) is -4.09. The Kier molecular flexibility index (Phi) is 7.49. The van der Waals surface area contributed by atoms with Crippen molar-refractivity contribution < 1.29 is 13.2 Å². The maximum Gasteiger partial charge on any atom is 0.264 e. The number of hydrogen-bond donors (Lipinski definition) is 1. The number of halogens is 2. The highest BCUT2D eigenvalue weighted by Crippen LogP contribution is 2.35. The number of carbonyl (C=O) groups is 1. The fourth-order valence-electron chi connectivity index (χ4n) is 3.36. The first kappa shape index (κ1) is 24.1. The zero-order chi connectivity index (χ0) is 23.5. The predicted molar refractivity (Wildman–Crippen MR) is 131 cm³/mol. The molecule has 0 aliphatic carbocycles. The van der Waals surface area contributed by atoms with E-state index in [1.54, 1.807) is 30.3 Å². The van der Waals surface area contributed by atoms with E-state index in [9.17, 15) is 13.2 Å². The lowest BCUT2D eigenvalue weighted by Gasteiger charge is -2.26. The standard InChI is InChI=1S/C24H24Cl2N2O3S/c1-16(2)19-12-7-9-17(3)24(19)27-22(29)15-28(21-14-8-13-20(25)23(21)26)32(30,31)18-10-5-4-6-11-18/h4-14,16H,15H2,1-3H3,(H,27,29). The maximum absolute atomic E-state index is 13.5. The molecule has 0 radical (unpaired) electrons. The quantitative estimate of drug-likeness (QED) is 0.424. The molecule has 168 valence electrons. The van der Waals surface area contributed by atoms with Crippen LogP contribution >= 0.6 is 23.2 Å². The lowest BCUT2D eigenvalue weighted by Crippen LogP contribution is -2.38. The van der Waals surface area contributed by atoms with Crippen molar-refractivity contribution in [2.45, 2.75) is 31.6 Å². The molecule has 0 saturated heterocycles. The summed E-state index contributed by atoms with van der Waals surface area (Å²) in [5.41, 5.74) is 2.67. The van der Waals surface area contributed by atoms with Gasteiger partial charge in [-0.05, 0) is 48.2 Å². The molecule has 0 atom stereocenters. The highest BCUT2D eigenvalue weighted by atomic mass is 35.5. The van der Waals surface area contributed by atoms with Crippen LogP contribution in [0.5, 0.6) is 0 Å². The molecular weight excluding hydrogens is 467 g/mol. The van der Waals surface area contributed by atoms with Crippen molar-refractivity contribution in [2.75, 3.05) is 16.2 Å². The fraction of sp³-hybridized carbons (Fsp3) is 0.208. The molecule has 3 rings (SSSR count). The van der Waals surface area contributed by atoms with Crippen molar-refractivity contribution in [1.82, 2.24) is 0 Å². The van der Waals surface area contributed by atoms with E-state index in [4.69, 9.17) is 23.2 Å². The molecule has 1 amide bonds. The number of sulfonamides is 1. The molecule has 0 aromatic heterocycles. The Bertz CT molecular complexity index is 1230. The largest absolute Gasteiger partial charge is 0.324 e. The Morgan fingerprint density at radius 2 is 1.62 bits per heavy atom. The molecule has 0 fully saturated rings. The third kappa shape index (κ3) is 5.09. The van der Waals surface area contributed by atoms with Crippen LogP contribution in [0, 0.1) is 6.92 Å². The van der Waals surface area contributed by atoms with E-state index in [0.29, 0.717) is 5.69 Å². The summed E-state index contributed by atoms with van der Waals surface area (Å²) in [6, 6.07) is 18.3. The Morgan fingerprint density at radius 1 is 0.969 bits per heavy atom. The van der Waals surface area contributed by atoms with E-state index in [0.717, 1.165) is 15.4 Å². The average molecular weight is 491 g/mol. The maximum atomic E-state index is 13.5. The van der Waals surface area contributed by atoms with Gasteiger partial charge in [0.15, 0.2) is 0 Å². The van der Waals surface area contributed by atoms with Crippen molar-refractivity contribution in [1.29, 1.82) is 0 Å². The van der Waals surface area contributed by atoms with Crippen LogP contribution in [0.25, 0.3) is 0 Å². The Labute approximate surface area is 199 Å². The van der Waals surface area contributed by atoms with E-state index in [1.165, 1.54) is 18.2 Å². The van der Waals surface area contributed by atoms with Gasteiger partial charge < -0.3 is 5.32 Å². The lowest BCUT2D eigenvalue weighted by atomic mass is 9.98. The number of nitrogens with one attached hydrogen (secondary N) is 1. The summed E-state index contributed by atoms with van der Waals surface area (Å²) in [5, 5.41) is 3.15. The van der Waals surface area contributed by atoms with Crippen LogP contribution in [-0.4, -0.2) is 20.9 Å². The summed E-state index contributed by atoms with van der Waals surface area (Å²) in [6.07, 6.45) is 0. The van der Waals surface area contributed by atoms with Crippen LogP contribution in [0.2, 0.25) is 10.0 Å². The normalized spacial score (nSPS) is 11.4. The van der Waals surface area contributed by atoms with E-state index in [-0.39, 0.29) is 26.5 Å². The van der Waals surface area contributed by atoms with Crippen molar-refractivity contribution >= 4 is 50.5 Å². The summed E-state index contributed by atoms with van der Waals surface area (Å²) in [5.74, 6) is -0.312. The fourth-order valence-corrected chi connectivity index (χ4v) is 5.26. The number of benzene rings is 3. The van der Waals surface area contributed by atoms with Gasteiger partial charge in [-0.2, -0.15) is 0 Å². The van der Waals surface area contributed by atoms with Gasteiger partial charge in [0.05, 0.1) is 20.6 Å². The highest BCUT2D eigenvalue weighted by Gasteiger charge is 2.29. The minimum Gasteiger partial charge on any atom is -0.324 e. The summed E-state index contributed by atoms with van der Waals surface area (Å²) in [6.45, 7) is 5.49. The topological polar surface area (TPSA) is 66.5 Å². The van der Waals surface area contributed by atoms with Gasteiger partial charge in [0.1, 0.15) is 6.54 Å². The SMILES string of the molecule is Cc1cccc(C(C)C)c1NC(=O)CN(c1cccc(Cl)c1Cl)S(=O)(=O)c1ccccc1. The second-order valence-electron chi connectivity index (χ2n) is 7.64. The monoisotopic (exact) mass is 490 g/mol. The van der Waals surface area contributed by atoms with Crippen LogP contribution in [0.4, 0.5) is 11.4 Å². The van der Waals surface area contributed by atoms with Gasteiger partial charge in [0.25, 0.3) is 10.0 Å². The molecule has 32 heavy (non-hydrogen) atoms. The molecule has 3 aromatic rings. The molecule has 0 aliphatic rings. The minimum absolute atomic E-state index is 0.0441. The van der Waals surface area contributed by atoms with Crippen molar-refractivity contribution in [3.05, 3.63) is 87.9 Å². The van der Waals surface area contributed by atoms with E-state index >= 15 is 0 Å². The molecule has 5 nitrogen and oxygen atoms in total. The number of amides is 1.